The zero-order valence-corrected chi connectivity index (χ0v) is 16.6. The van der Waals surface area contributed by atoms with Crippen LogP contribution in [0.5, 0.6) is 0 Å². The molecule has 0 aliphatic carbocycles. The van der Waals surface area contributed by atoms with Crippen LogP contribution in [0.15, 0.2) is 29.5 Å². The Bertz CT molecular complexity index is 938. The number of amides is 1. The van der Waals surface area contributed by atoms with Gasteiger partial charge < -0.3 is 19.5 Å². The number of aromatic nitrogens is 3. The minimum Gasteiger partial charge on any atom is -0.446 e. The number of nitrogens with one attached hydrogen (secondary N) is 1. The lowest BCUT2D eigenvalue weighted by atomic mass is 10.1. The van der Waals surface area contributed by atoms with E-state index in [1.807, 2.05) is 11.8 Å². The number of alkyl halides is 3. The normalized spacial score (nSPS) is 15.8. The van der Waals surface area contributed by atoms with E-state index in [9.17, 15) is 22.8 Å². The van der Waals surface area contributed by atoms with Crippen LogP contribution >= 0.6 is 0 Å². The number of hydrogen-bond acceptors (Lipinski definition) is 6. The van der Waals surface area contributed by atoms with Crippen molar-refractivity contribution in [2.24, 2.45) is 0 Å². The molecule has 30 heavy (non-hydrogen) atoms. The molecule has 1 atom stereocenters. The van der Waals surface area contributed by atoms with E-state index in [0.717, 1.165) is 11.6 Å². The van der Waals surface area contributed by atoms with Crippen molar-refractivity contribution in [1.82, 2.24) is 19.9 Å². The maximum absolute atomic E-state index is 12.9. The van der Waals surface area contributed by atoms with Gasteiger partial charge in [-0.1, -0.05) is 0 Å². The summed E-state index contributed by atoms with van der Waals surface area (Å²) in [5, 5.41) is 0. The summed E-state index contributed by atoms with van der Waals surface area (Å²) in [6.07, 6.45) is -1.25. The number of nitrogens with zero attached hydrogens (tertiary/aromatic N) is 4. The Labute approximate surface area is 170 Å². The molecule has 1 fully saturated rings. The highest BCUT2D eigenvalue weighted by atomic mass is 19.4. The molecule has 0 bridgehead atoms. The number of aromatic amines is 1. The van der Waals surface area contributed by atoms with Gasteiger partial charge in [0.05, 0.1) is 0 Å². The van der Waals surface area contributed by atoms with E-state index in [1.54, 1.807) is 19.3 Å². The highest BCUT2D eigenvalue weighted by Crippen LogP contribution is 2.27. The second kappa shape index (κ2) is 8.72. The van der Waals surface area contributed by atoms with Gasteiger partial charge >= 0.3 is 12.3 Å². The highest BCUT2D eigenvalue weighted by Gasteiger charge is 2.34. The van der Waals surface area contributed by atoms with E-state index < -0.39 is 29.5 Å². The predicted molar refractivity (Wildman–Crippen MR) is 102 cm³/mol. The van der Waals surface area contributed by atoms with Gasteiger partial charge in [0.1, 0.15) is 11.7 Å². The summed E-state index contributed by atoms with van der Waals surface area (Å²) >= 11 is 0. The molecule has 0 aromatic carbocycles. The lowest BCUT2D eigenvalue weighted by Crippen LogP contribution is -2.50. The van der Waals surface area contributed by atoms with Crippen molar-refractivity contribution in [3.05, 3.63) is 51.7 Å². The van der Waals surface area contributed by atoms with Gasteiger partial charge in [0.15, 0.2) is 0 Å². The monoisotopic (exact) mass is 425 g/mol. The second-order valence-corrected chi connectivity index (χ2v) is 7.18. The molecule has 1 aliphatic rings. The average Bonchev–Trinajstić information content (AvgIpc) is 2.69. The number of aryl methyl sites for hydroxylation is 1. The van der Waals surface area contributed by atoms with Gasteiger partial charge in [-0.05, 0) is 31.0 Å². The van der Waals surface area contributed by atoms with Gasteiger partial charge in [-0.25, -0.2) is 14.8 Å². The lowest BCUT2D eigenvalue weighted by Gasteiger charge is -2.34. The molecule has 1 N–H and O–H groups in total. The number of rotatable bonds is 4. The minimum atomic E-state index is -4.75. The first-order valence-electron chi connectivity index (χ1n) is 9.41. The summed E-state index contributed by atoms with van der Waals surface area (Å²) in [6, 6.07) is 0.781. The quantitative estimate of drug-likeness (QED) is 0.809. The number of hydrogen-bond donors (Lipinski definition) is 1. The van der Waals surface area contributed by atoms with Crippen LogP contribution in [0.25, 0.3) is 0 Å². The van der Waals surface area contributed by atoms with Gasteiger partial charge in [-0.2, -0.15) is 13.2 Å². The third kappa shape index (κ3) is 5.28. The van der Waals surface area contributed by atoms with E-state index in [0.29, 0.717) is 32.1 Å². The molecule has 1 aliphatic heterocycles. The standard InChI is InChI=1S/C19H22F3N5O3/c1-12-9-24-17(25-10-12)26-3-5-27(6-4-26)18(29)30-13(2)7-14-8-15(19(20,21)22)16(28)23-11-14/h8-11,13H,3-7H2,1-2H3,(H,23,28). The molecule has 2 aromatic heterocycles. The van der Waals surface area contributed by atoms with E-state index in [-0.39, 0.29) is 12.0 Å². The molecule has 0 saturated carbocycles. The van der Waals surface area contributed by atoms with Crippen molar-refractivity contribution in [3.8, 4) is 0 Å². The molecule has 3 rings (SSSR count). The van der Waals surface area contributed by atoms with Crippen LogP contribution in [-0.2, 0) is 17.3 Å². The first-order valence-corrected chi connectivity index (χ1v) is 9.41. The summed E-state index contributed by atoms with van der Waals surface area (Å²) in [7, 11) is 0. The van der Waals surface area contributed by atoms with Gasteiger partial charge in [0.25, 0.3) is 5.56 Å². The van der Waals surface area contributed by atoms with Crippen molar-refractivity contribution in [3.63, 3.8) is 0 Å². The number of carbonyl (C=O) groups is 1. The first-order chi connectivity index (χ1) is 14.1. The van der Waals surface area contributed by atoms with Crippen molar-refractivity contribution < 1.29 is 22.7 Å². The SMILES string of the molecule is Cc1cnc(N2CCN(C(=O)OC(C)Cc3c[nH]c(=O)c(C(F)(F)F)c3)CC2)nc1. The zero-order valence-electron chi connectivity index (χ0n) is 16.6. The van der Waals surface area contributed by atoms with Crippen LogP contribution < -0.4 is 10.5 Å². The van der Waals surface area contributed by atoms with Crippen LogP contribution in [0, 0.1) is 6.92 Å². The molecule has 1 saturated heterocycles. The first kappa shape index (κ1) is 21.6. The number of H-pyrrole nitrogens is 1. The molecule has 0 spiro atoms. The number of ether oxygens (including phenoxy) is 1. The highest BCUT2D eigenvalue weighted by molar-refractivity contribution is 5.68. The molecule has 162 valence electrons. The van der Waals surface area contributed by atoms with Crippen LogP contribution in [0.4, 0.5) is 23.9 Å². The Morgan fingerprint density at radius 2 is 1.87 bits per heavy atom. The minimum absolute atomic E-state index is 0.0444. The molecular formula is C19H22F3N5O3. The van der Waals surface area contributed by atoms with Crippen molar-refractivity contribution >= 4 is 12.0 Å². The third-order valence-corrected chi connectivity index (χ3v) is 4.68. The maximum atomic E-state index is 12.9. The van der Waals surface area contributed by atoms with Crippen molar-refractivity contribution in [2.45, 2.75) is 32.5 Å². The summed E-state index contributed by atoms with van der Waals surface area (Å²) in [4.78, 5) is 37.9. The van der Waals surface area contributed by atoms with E-state index in [2.05, 4.69) is 15.0 Å². The summed E-state index contributed by atoms with van der Waals surface area (Å²) in [5.41, 5.74) is -1.29. The number of pyridine rings is 1. The van der Waals surface area contributed by atoms with Gasteiger partial charge in [0, 0.05) is 51.2 Å². The Morgan fingerprint density at radius 1 is 1.23 bits per heavy atom. The van der Waals surface area contributed by atoms with Crippen LogP contribution in [-0.4, -0.2) is 58.2 Å². The lowest BCUT2D eigenvalue weighted by molar-refractivity contribution is -0.138. The van der Waals surface area contributed by atoms with Crippen LogP contribution in [0.2, 0.25) is 0 Å². The summed E-state index contributed by atoms with van der Waals surface area (Å²) in [5.74, 6) is 0.598. The Morgan fingerprint density at radius 3 is 2.47 bits per heavy atom. The largest absolute Gasteiger partial charge is 0.446 e. The summed E-state index contributed by atoms with van der Waals surface area (Å²) < 4.78 is 44.0. The fourth-order valence-electron chi connectivity index (χ4n) is 3.12. The Balaban J connectivity index is 1.53. The van der Waals surface area contributed by atoms with E-state index in [4.69, 9.17) is 4.74 Å². The fraction of sp³-hybridized carbons (Fsp3) is 0.474. The van der Waals surface area contributed by atoms with Gasteiger partial charge in [0.2, 0.25) is 5.95 Å². The molecule has 11 heteroatoms. The Kier molecular flexibility index (Phi) is 6.28. The number of halogens is 3. The van der Waals surface area contributed by atoms with Crippen LogP contribution in [0.1, 0.15) is 23.6 Å². The molecule has 8 nitrogen and oxygen atoms in total. The maximum Gasteiger partial charge on any atom is 0.421 e. The molecular weight excluding hydrogens is 403 g/mol. The van der Waals surface area contributed by atoms with Gasteiger partial charge in [-0.3, -0.25) is 4.79 Å². The predicted octanol–water partition coefficient (Wildman–Crippen LogP) is 2.38. The number of piperazine rings is 1. The van der Waals surface area contributed by atoms with Gasteiger partial charge in [-0.15, -0.1) is 0 Å². The van der Waals surface area contributed by atoms with E-state index >= 15 is 0 Å². The molecule has 1 amide bonds. The zero-order chi connectivity index (χ0) is 21.9. The average molecular weight is 425 g/mol. The van der Waals surface area contributed by atoms with E-state index in [1.165, 1.54) is 11.1 Å². The second-order valence-electron chi connectivity index (χ2n) is 7.18. The topological polar surface area (TPSA) is 91.4 Å². The van der Waals surface area contributed by atoms with Crippen molar-refractivity contribution in [2.75, 3.05) is 31.1 Å². The molecule has 2 aromatic rings. The van der Waals surface area contributed by atoms with Crippen LogP contribution in [0.3, 0.4) is 0 Å². The fourth-order valence-corrected chi connectivity index (χ4v) is 3.12. The summed E-state index contributed by atoms with van der Waals surface area (Å²) in [6.45, 7) is 5.41. The number of carbonyl (C=O) groups excluding carboxylic acids is 1. The number of anilines is 1. The molecule has 1 unspecified atom stereocenters. The van der Waals surface area contributed by atoms with Crippen molar-refractivity contribution in [1.29, 1.82) is 0 Å². The third-order valence-electron chi connectivity index (χ3n) is 4.68. The Hall–Kier alpha value is -3.11. The molecule has 3 heterocycles. The molecule has 0 radical (unpaired) electrons. The smallest absolute Gasteiger partial charge is 0.421 e.